The lowest BCUT2D eigenvalue weighted by Crippen LogP contribution is -2.51. The van der Waals surface area contributed by atoms with Gasteiger partial charge in [-0.25, -0.2) is 4.79 Å². The standard InChI is InChI=1S/C17H23F3N2O4/c18-17(19,20)15(22-7-9-25-10-8-22)5-6-21-11-13-1-3-14(4-2-13)26-12-16(23)24/h1-4,15,21H,5-12H2,(H,23,24). The van der Waals surface area contributed by atoms with E-state index in [1.54, 1.807) is 24.3 Å². The maximum atomic E-state index is 13.3. The Labute approximate surface area is 149 Å². The van der Waals surface area contributed by atoms with Gasteiger partial charge < -0.3 is 19.9 Å². The van der Waals surface area contributed by atoms with Gasteiger partial charge in [-0.2, -0.15) is 13.2 Å². The van der Waals surface area contributed by atoms with Crippen LogP contribution in [0.1, 0.15) is 12.0 Å². The van der Waals surface area contributed by atoms with Crippen LogP contribution in [0.4, 0.5) is 13.2 Å². The molecule has 1 unspecified atom stereocenters. The third-order valence-electron chi connectivity index (χ3n) is 4.07. The van der Waals surface area contributed by atoms with Crippen molar-refractivity contribution in [3.05, 3.63) is 29.8 Å². The first-order valence-electron chi connectivity index (χ1n) is 8.39. The van der Waals surface area contributed by atoms with Crippen molar-refractivity contribution < 1.29 is 32.5 Å². The summed E-state index contributed by atoms with van der Waals surface area (Å²) >= 11 is 0. The van der Waals surface area contributed by atoms with Crippen LogP contribution in [0.25, 0.3) is 0 Å². The highest BCUT2D eigenvalue weighted by atomic mass is 19.4. The van der Waals surface area contributed by atoms with E-state index in [0.29, 0.717) is 38.6 Å². The Morgan fingerprint density at radius 2 is 1.92 bits per heavy atom. The normalized spacial score (nSPS) is 17.0. The average molecular weight is 376 g/mol. The van der Waals surface area contributed by atoms with E-state index in [0.717, 1.165) is 5.56 Å². The summed E-state index contributed by atoms with van der Waals surface area (Å²) in [5.74, 6) is -0.629. The molecule has 0 spiro atoms. The third kappa shape index (κ3) is 6.81. The van der Waals surface area contributed by atoms with E-state index in [-0.39, 0.29) is 13.0 Å². The molecule has 0 amide bonds. The van der Waals surface area contributed by atoms with Crippen LogP contribution < -0.4 is 10.1 Å². The van der Waals surface area contributed by atoms with Gasteiger partial charge in [0.05, 0.1) is 13.2 Å². The number of halogens is 3. The quantitative estimate of drug-likeness (QED) is 0.642. The Kier molecular flexibility index (Phi) is 7.67. The van der Waals surface area contributed by atoms with Crippen molar-refractivity contribution in [1.82, 2.24) is 10.2 Å². The highest BCUT2D eigenvalue weighted by Crippen LogP contribution is 2.27. The van der Waals surface area contributed by atoms with Crippen molar-refractivity contribution in [2.45, 2.75) is 25.2 Å². The lowest BCUT2D eigenvalue weighted by atomic mass is 10.1. The Morgan fingerprint density at radius 1 is 1.27 bits per heavy atom. The van der Waals surface area contributed by atoms with Gasteiger partial charge in [-0.3, -0.25) is 4.90 Å². The second kappa shape index (κ2) is 9.75. The molecule has 0 radical (unpaired) electrons. The number of aliphatic carboxylic acids is 1. The molecule has 2 rings (SSSR count). The Balaban J connectivity index is 1.76. The molecule has 0 saturated carbocycles. The molecule has 146 valence electrons. The number of hydrogen-bond donors (Lipinski definition) is 2. The topological polar surface area (TPSA) is 71.0 Å². The highest BCUT2D eigenvalue weighted by molar-refractivity contribution is 5.68. The summed E-state index contributed by atoms with van der Waals surface area (Å²) in [6.45, 7) is 1.49. The van der Waals surface area contributed by atoms with Crippen LogP contribution in [-0.4, -0.2) is 67.6 Å². The molecule has 2 N–H and O–H groups in total. The van der Waals surface area contributed by atoms with Crippen LogP contribution in [0.5, 0.6) is 5.75 Å². The predicted octanol–water partition coefficient (Wildman–Crippen LogP) is 1.89. The van der Waals surface area contributed by atoms with Crippen molar-refractivity contribution in [1.29, 1.82) is 0 Å². The van der Waals surface area contributed by atoms with Gasteiger partial charge in [0.25, 0.3) is 0 Å². The summed E-state index contributed by atoms with van der Waals surface area (Å²) in [5, 5.41) is 11.6. The molecule has 1 fully saturated rings. The van der Waals surface area contributed by atoms with Crippen molar-refractivity contribution in [2.24, 2.45) is 0 Å². The Morgan fingerprint density at radius 3 is 2.50 bits per heavy atom. The lowest BCUT2D eigenvalue weighted by Gasteiger charge is -2.35. The Hall–Kier alpha value is -1.84. The maximum Gasteiger partial charge on any atom is 0.404 e. The molecule has 9 heteroatoms. The molecular formula is C17H23F3N2O4. The van der Waals surface area contributed by atoms with Crippen LogP contribution in [0.15, 0.2) is 24.3 Å². The second-order valence-electron chi connectivity index (χ2n) is 6.00. The first-order chi connectivity index (χ1) is 12.4. The van der Waals surface area contributed by atoms with Crippen LogP contribution in [0, 0.1) is 0 Å². The fourth-order valence-electron chi connectivity index (χ4n) is 2.76. The number of alkyl halides is 3. The summed E-state index contributed by atoms with van der Waals surface area (Å²) in [6.07, 6.45) is -4.29. The van der Waals surface area contributed by atoms with Crippen LogP contribution in [-0.2, 0) is 16.1 Å². The first-order valence-corrected chi connectivity index (χ1v) is 8.39. The number of benzene rings is 1. The molecule has 1 aromatic carbocycles. The zero-order valence-corrected chi connectivity index (χ0v) is 14.3. The molecule has 0 bridgehead atoms. The minimum absolute atomic E-state index is 0.0245. The van der Waals surface area contributed by atoms with E-state index < -0.39 is 24.8 Å². The van der Waals surface area contributed by atoms with E-state index in [1.165, 1.54) is 4.90 Å². The Bertz CT molecular complexity index is 560. The van der Waals surface area contributed by atoms with Gasteiger partial charge in [-0.15, -0.1) is 0 Å². The fourth-order valence-corrected chi connectivity index (χ4v) is 2.76. The summed E-state index contributed by atoms with van der Waals surface area (Å²) in [6, 6.07) is 5.28. The van der Waals surface area contributed by atoms with Gasteiger partial charge in [-0.1, -0.05) is 12.1 Å². The molecular weight excluding hydrogens is 353 g/mol. The summed E-state index contributed by atoms with van der Waals surface area (Å²) < 4.78 is 49.9. The minimum Gasteiger partial charge on any atom is -0.482 e. The number of ether oxygens (including phenoxy) is 2. The number of carboxylic acid groups (broad SMARTS) is 1. The van der Waals surface area contributed by atoms with E-state index in [4.69, 9.17) is 14.6 Å². The zero-order chi connectivity index (χ0) is 19.0. The average Bonchev–Trinajstić information content (AvgIpc) is 2.60. The minimum atomic E-state index is -4.26. The lowest BCUT2D eigenvalue weighted by molar-refractivity contribution is -0.193. The second-order valence-corrected chi connectivity index (χ2v) is 6.00. The molecule has 26 heavy (non-hydrogen) atoms. The fraction of sp³-hybridized carbons (Fsp3) is 0.588. The number of carbonyl (C=O) groups is 1. The number of morpholine rings is 1. The third-order valence-corrected chi connectivity index (χ3v) is 4.07. The van der Waals surface area contributed by atoms with Crippen LogP contribution in [0.2, 0.25) is 0 Å². The number of nitrogens with one attached hydrogen (secondary N) is 1. The maximum absolute atomic E-state index is 13.3. The van der Waals surface area contributed by atoms with Gasteiger partial charge >= 0.3 is 12.1 Å². The molecule has 6 nitrogen and oxygen atoms in total. The summed E-state index contributed by atoms with van der Waals surface area (Å²) in [7, 11) is 0. The van der Waals surface area contributed by atoms with E-state index in [9.17, 15) is 18.0 Å². The molecule has 1 saturated heterocycles. The summed E-state index contributed by atoms with van der Waals surface area (Å²) in [4.78, 5) is 11.9. The number of hydrogen-bond acceptors (Lipinski definition) is 5. The molecule has 0 aromatic heterocycles. The van der Waals surface area contributed by atoms with Crippen LogP contribution in [0.3, 0.4) is 0 Å². The molecule has 1 heterocycles. The van der Waals surface area contributed by atoms with E-state index in [1.807, 2.05) is 0 Å². The van der Waals surface area contributed by atoms with Gasteiger partial charge in [0.15, 0.2) is 6.61 Å². The van der Waals surface area contributed by atoms with Crippen molar-refractivity contribution in [3.8, 4) is 5.75 Å². The SMILES string of the molecule is O=C(O)COc1ccc(CNCCC(N2CCOCC2)C(F)(F)F)cc1. The first kappa shape index (κ1) is 20.5. The van der Waals surface area contributed by atoms with E-state index in [2.05, 4.69) is 5.32 Å². The highest BCUT2D eigenvalue weighted by Gasteiger charge is 2.43. The van der Waals surface area contributed by atoms with Crippen molar-refractivity contribution in [3.63, 3.8) is 0 Å². The van der Waals surface area contributed by atoms with Gasteiger partial charge in [0, 0.05) is 19.6 Å². The summed E-state index contributed by atoms with van der Waals surface area (Å²) in [5.41, 5.74) is 0.877. The molecule has 1 aliphatic rings. The predicted molar refractivity (Wildman–Crippen MR) is 88.1 cm³/mol. The van der Waals surface area contributed by atoms with Gasteiger partial charge in [-0.05, 0) is 30.7 Å². The zero-order valence-electron chi connectivity index (χ0n) is 14.3. The molecule has 1 aliphatic heterocycles. The monoisotopic (exact) mass is 376 g/mol. The van der Waals surface area contributed by atoms with E-state index >= 15 is 0 Å². The van der Waals surface area contributed by atoms with Gasteiger partial charge in [0.1, 0.15) is 11.8 Å². The molecule has 1 atom stereocenters. The van der Waals surface area contributed by atoms with Crippen molar-refractivity contribution >= 4 is 5.97 Å². The number of nitrogens with zero attached hydrogens (tertiary/aromatic N) is 1. The number of carboxylic acids is 1. The van der Waals surface area contributed by atoms with Crippen molar-refractivity contribution in [2.75, 3.05) is 39.5 Å². The van der Waals surface area contributed by atoms with Gasteiger partial charge in [0.2, 0.25) is 0 Å². The number of rotatable bonds is 9. The van der Waals surface area contributed by atoms with Crippen LogP contribution >= 0.6 is 0 Å². The smallest absolute Gasteiger partial charge is 0.404 e. The molecule has 1 aromatic rings. The largest absolute Gasteiger partial charge is 0.482 e. The molecule has 0 aliphatic carbocycles.